The fourth-order valence-corrected chi connectivity index (χ4v) is 8.78. The van der Waals surface area contributed by atoms with Gasteiger partial charge in [0.2, 0.25) is 0 Å². The summed E-state index contributed by atoms with van der Waals surface area (Å²) in [7, 11) is 0. The largest absolute Gasteiger partial charge is 0.393 e. The molecular weight excluding hydrogens is 364 g/mol. The average Bonchev–Trinajstić information content (AvgIpc) is 3.06. The second-order valence-corrected chi connectivity index (χ2v) is 12.3. The van der Waals surface area contributed by atoms with E-state index in [1.165, 1.54) is 56.9 Å². The van der Waals surface area contributed by atoms with Gasteiger partial charge in [0.15, 0.2) is 0 Å². The van der Waals surface area contributed by atoms with Gasteiger partial charge >= 0.3 is 0 Å². The SMILES string of the molecule is C=C=C(CC[C@@H](C)[C@H]1CC[C@H]2[C@@H]3CC=C4C[C@@H](O)CC[C@]4(C)[C@H]3CC[C@]12C)C(C)C. The van der Waals surface area contributed by atoms with Crippen LogP contribution in [0.5, 0.6) is 0 Å². The molecule has 0 amide bonds. The van der Waals surface area contributed by atoms with E-state index in [2.05, 4.69) is 53.0 Å². The van der Waals surface area contributed by atoms with Crippen molar-refractivity contribution in [3.05, 3.63) is 29.5 Å². The van der Waals surface area contributed by atoms with E-state index in [-0.39, 0.29) is 6.10 Å². The van der Waals surface area contributed by atoms with E-state index in [1.807, 2.05) is 0 Å². The first-order valence-corrected chi connectivity index (χ1v) is 13.0. The molecule has 4 aliphatic rings. The molecule has 0 aromatic heterocycles. The number of rotatable bonds is 5. The second-order valence-electron chi connectivity index (χ2n) is 12.3. The normalized spacial score (nSPS) is 43.8. The summed E-state index contributed by atoms with van der Waals surface area (Å²) in [5.74, 6) is 4.90. The number of fused-ring (bicyclic) bond motifs is 5. The molecule has 0 aromatic rings. The van der Waals surface area contributed by atoms with Gasteiger partial charge in [-0.2, -0.15) is 0 Å². The molecule has 3 fully saturated rings. The van der Waals surface area contributed by atoms with Crippen LogP contribution in [0.25, 0.3) is 0 Å². The highest BCUT2D eigenvalue weighted by Crippen LogP contribution is 2.67. The van der Waals surface area contributed by atoms with Gasteiger partial charge in [-0.05, 0) is 116 Å². The number of aliphatic hydroxyl groups is 1. The molecule has 8 atom stereocenters. The molecule has 168 valence electrons. The van der Waals surface area contributed by atoms with Crippen LogP contribution >= 0.6 is 0 Å². The van der Waals surface area contributed by atoms with Crippen LogP contribution in [0.4, 0.5) is 0 Å². The van der Waals surface area contributed by atoms with E-state index in [1.54, 1.807) is 5.57 Å². The minimum absolute atomic E-state index is 0.0909. The first-order chi connectivity index (χ1) is 14.2. The molecule has 0 heterocycles. The Morgan fingerprint density at radius 2 is 1.90 bits per heavy atom. The van der Waals surface area contributed by atoms with Crippen molar-refractivity contribution in [1.82, 2.24) is 0 Å². The summed E-state index contributed by atoms with van der Waals surface area (Å²) >= 11 is 0. The Morgan fingerprint density at radius 3 is 2.60 bits per heavy atom. The monoisotopic (exact) mass is 410 g/mol. The highest BCUT2D eigenvalue weighted by molar-refractivity contribution is 5.25. The maximum atomic E-state index is 10.2. The van der Waals surface area contributed by atoms with Crippen molar-refractivity contribution in [3.63, 3.8) is 0 Å². The van der Waals surface area contributed by atoms with Crippen molar-refractivity contribution < 1.29 is 5.11 Å². The zero-order chi connectivity index (χ0) is 21.7. The van der Waals surface area contributed by atoms with Crippen LogP contribution in [0, 0.1) is 46.3 Å². The molecule has 0 aliphatic heterocycles. The molecule has 4 aliphatic carbocycles. The lowest BCUT2D eigenvalue weighted by Gasteiger charge is -2.58. The predicted octanol–water partition coefficient (Wildman–Crippen LogP) is 7.71. The fourth-order valence-electron chi connectivity index (χ4n) is 8.78. The molecule has 1 heteroatoms. The van der Waals surface area contributed by atoms with Gasteiger partial charge in [-0.3, -0.25) is 0 Å². The molecular formula is C29H46O. The molecule has 0 spiro atoms. The quantitative estimate of drug-likeness (QED) is 0.363. The Labute approximate surface area is 186 Å². The van der Waals surface area contributed by atoms with Crippen LogP contribution < -0.4 is 0 Å². The first-order valence-electron chi connectivity index (χ1n) is 13.0. The predicted molar refractivity (Wildman–Crippen MR) is 127 cm³/mol. The maximum absolute atomic E-state index is 10.2. The smallest absolute Gasteiger partial charge is 0.0577 e. The maximum Gasteiger partial charge on any atom is 0.0577 e. The van der Waals surface area contributed by atoms with Gasteiger partial charge in [0.25, 0.3) is 0 Å². The number of hydrogen-bond donors (Lipinski definition) is 1. The van der Waals surface area contributed by atoms with Gasteiger partial charge in [-0.15, -0.1) is 5.73 Å². The fraction of sp³-hybridized carbons (Fsp3) is 0.828. The van der Waals surface area contributed by atoms with Gasteiger partial charge in [-0.25, -0.2) is 0 Å². The van der Waals surface area contributed by atoms with Crippen molar-refractivity contribution in [2.24, 2.45) is 46.3 Å². The minimum atomic E-state index is -0.0909. The van der Waals surface area contributed by atoms with Gasteiger partial charge in [0, 0.05) is 0 Å². The highest BCUT2D eigenvalue weighted by Gasteiger charge is 2.59. The van der Waals surface area contributed by atoms with Crippen LogP contribution in [0.2, 0.25) is 0 Å². The molecule has 3 saturated carbocycles. The molecule has 0 aromatic carbocycles. The summed E-state index contributed by atoms with van der Waals surface area (Å²) in [5, 5.41) is 10.2. The van der Waals surface area contributed by atoms with Gasteiger partial charge in [0.1, 0.15) is 0 Å². The van der Waals surface area contributed by atoms with Crippen LogP contribution in [0.3, 0.4) is 0 Å². The van der Waals surface area contributed by atoms with E-state index in [0.717, 1.165) is 42.4 Å². The third kappa shape index (κ3) is 3.59. The summed E-state index contributed by atoms with van der Waals surface area (Å²) in [4.78, 5) is 0. The Bertz CT molecular complexity index is 725. The summed E-state index contributed by atoms with van der Waals surface area (Å²) < 4.78 is 0. The number of aliphatic hydroxyl groups excluding tert-OH is 1. The second kappa shape index (κ2) is 8.29. The van der Waals surface area contributed by atoms with Crippen molar-refractivity contribution >= 4 is 0 Å². The third-order valence-electron chi connectivity index (χ3n) is 10.6. The standard InChI is InChI=1S/C29H46O/c1-7-21(19(2)3)9-8-20(4)25-12-13-26-24-11-10-22-18-23(30)14-16-28(22,5)27(24)15-17-29(25,26)6/h10,19-20,23-27,30H,1,8-9,11-18H2,2-6H3/t20-,23+,24+,25-,26+,27+,28+,29-/m1/s1. The van der Waals surface area contributed by atoms with E-state index in [4.69, 9.17) is 0 Å². The summed E-state index contributed by atoms with van der Waals surface area (Å²) in [5.41, 5.74) is 7.15. The van der Waals surface area contributed by atoms with Crippen molar-refractivity contribution in [3.8, 4) is 0 Å². The van der Waals surface area contributed by atoms with Crippen LogP contribution in [0.15, 0.2) is 29.5 Å². The number of hydrogen-bond acceptors (Lipinski definition) is 1. The Hall–Kier alpha value is -0.780. The lowest BCUT2D eigenvalue weighted by atomic mass is 9.47. The molecule has 30 heavy (non-hydrogen) atoms. The van der Waals surface area contributed by atoms with Gasteiger partial charge in [-0.1, -0.05) is 52.8 Å². The van der Waals surface area contributed by atoms with E-state index in [9.17, 15) is 5.11 Å². The van der Waals surface area contributed by atoms with Crippen LogP contribution in [-0.2, 0) is 0 Å². The van der Waals surface area contributed by atoms with Crippen LogP contribution in [-0.4, -0.2) is 11.2 Å². The minimum Gasteiger partial charge on any atom is -0.393 e. The zero-order valence-electron chi connectivity index (χ0n) is 20.3. The molecule has 0 bridgehead atoms. The third-order valence-corrected chi connectivity index (χ3v) is 10.6. The average molecular weight is 411 g/mol. The van der Waals surface area contributed by atoms with E-state index >= 15 is 0 Å². The van der Waals surface area contributed by atoms with Gasteiger partial charge in [0.05, 0.1) is 6.10 Å². The summed E-state index contributed by atoms with van der Waals surface area (Å²) in [6, 6.07) is 0. The summed E-state index contributed by atoms with van der Waals surface area (Å²) in [6.07, 6.45) is 15.1. The summed E-state index contributed by atoms with van der Waals surface area (Å²) in [6.45, 7) is 16.3. The molecule has 1 nitrogen and oxygen atoms in total. The van der Waals surface area contributed by atoms with Crippen LogP contribution in [0.1, 0.15) is 98.8 Å². The van der Waals surface area contributed by atoms with E-state index < -0.39 is 0 Å². The van der Waals surface area contributed by atoms with Crippen molar-refractivity contribution in [2.45, 2.75) is 105 Å². The van der Waals surface area contributed by atoms with E-state index in [0.29, 0.717) is 16.7 Å². The molecule has 0 radical (unpaired) electrons. The highest BCUT2D eigenvalue weighted by atomic mass is 16.3. The number of allylic oxidation sites excluding steroid dienone is 2. The van der Waals surface area contributed by atoms with Crippen molar-refractivity contribution in [1.29, 1.82) is 0 Å². The first kappa shape index (κ1) is 22.4. The molecule has 4 rings (SSSR count). The Balaban J connectivity index is 1.49. The topological polar surface area (TPSA) is 20.2 Å². The zero-order valence-corrected chi connectivity index (χ0v) is 20.3. The van der Waals surface area contributed by atoms with Gasteiger partial charge < -0.3 is 5.11 Å². The van der Waals surface area contributed by atoms with Crippen molar-refractivity contribution in [2.75, 3.05) is 0 Å². The lowest BCUT2D eigenvalue weighted by Crippen LogP contribution is -2.50. The molecule has 0 unspecified atom stereocenters. The lowest BCUT2D eigenvalue weighted by molar-refractivity contribution is -0.0571. The molecule has 1 N–H and O–H groups in total. The Morgan fingerprint density at radius 1 is 1.13 bits per heavy atom. The molecule has 0 saturated heterocycles. The Kier molecular flexibility index (Phi) is 6.19.